The molecule has 3 rings (SSSR count). The van der Waals surface area contributed by atoms with Crippen molar-refractivity contribution in [3.63, 3.8) is 0 Å². The summed E-state index contributed by atoms with van der Waals surface area (Å²) < 4.78 is 27.6. The third kappa shape index (κ3) is 6.71. The van der Waals surface area contributed by atoms with Gasteiger partial charge in [0, 0.05) is 32.6 Å². The van der Waals surface area contributed by atoms with Gasteiger partial charge in [0.25, 0.3) is 0 Å². The van der Waals surface area contributed by atoms with Gasteiger partial charge >= 0.3 is 23.9 Å². The van der Waals surface area contributed by atoms with Crippen molar-refractivity contribution in [3.8, 4) is 0 Å². The number of benzene rings is 2. The SMILES string of the molecule is CC(=O)OCC1OC(Sc2ccc3ccccc3c2)C(OC(C)=O)C(OC(C)=O)C1OC(C)=O. The predicted molar refractivity (Wildman–Crippen MR) is 122 cm³/mol. The number of rotatable bonds is 7. The minimum atomic E-state index is -1.18. The number of hydrogen-bond acceptors (Lipinski definition) is 10. The van der Waals surface area contributed by atoms with Gasteiger partial charge in [-0.2, -0.15) is 0 Å². The van der Waals surface area contributed by atoms with E-state index in [1.165, 1.54) is 39.5 Å². The van der Waals surface area contributed by atoms with Crippen molar-refractivity contribution >= 4 is 46.4 Å². The molecule has 1 saturated heterocycles. The highest BCUT2D eigenvalue weighted by atomic mass is 32.2. The molecule has 5 atom stereocenters. The molecule has 0 aromatic heterocycles. The lowest BCUT2D eigenvalue weighted by molar-refractivity contribution is -0.237. The summed E-state index contributed by atoms with van der Waals surface area (Å²) in [6.07, 6.45) is -4.42. The monoisotopic (exact) mass is 490 g/mol. The van der Waals surface area contributed by atoms with E-state index in [2.05, 4.69) is 0 Å². The molecule has 0 bridgehead atoms. The number of hydrogen-bond donors (Lipinski definition) is 0. The summed E-state index contributed by atoms with van der Waals surface area (Å²) in [6.45, 7) is 4.57. The molecule has 34 heavy (non-hydrogen) atoms. The van der Waals surface area contributed by atoms with Crippen LogP contribution in [-0.2, 0) is 42.9 Å². The Hall–Kier alpha value is -3.11. The molecule has 2 aromatic rings. The van der Waals surface area contributed by atoms with Crippen molar-refractivity contribution in [1.82, 2.24) is 0 Å². The van der Waals surface area contributed by atoms with Crippen LogP contribution >= 0.6 is 11.8 Å². The number of carbonyl (C=O) groups is 4. The van der Waals surface area contributed by atoms with Crippen LogP contribution in [-0.4, -0.2) is 60.3 Å². The van der Waals surface area contributed by atoms with Gasteiger partial charge in [0.05, 0.1) is 0 Å². The maximum Gasteiger partial charge on any atom is 0.303 e. The molecular weight excluding hydrogens is 464 g/mol. The Labute approximate surface area is 201 Å². The standard InChI is InChI=1S/C24H26O9S/c1-13(25)29-12-20-21(30-14(2)26)22(31-15(3)27)23(32-16(4)28)24(33-20)34-19-10-9-17-7-5-6-8-18(17)11-19/h5-11,20-24H,12H2,1-4H3. The fourth-order valence-electron chi connectivity index (χ4n) is 3.66. The van der Waals surface area contributed by atoms with E-state index < -0.39 is 53.7 Å². The molecule has 1 aliphatic rings. The second-order valence-corrected chi connectivity index (χ2v) is 8.87. The summed E-state index contributed by atoms with van der Waals surface area (Å²) >= 11 is 1.25. The molecular formula is C24H26O9S. The first-order valence-corrected chi connectivity index (χ1v) is 11.5. The molecule has 182 valence electrons. The highest BCUT2D eigenvalue weighted by molar-refractivity contribution is 7.99. The zero-order valence-electron chi connectivity index (χ0n) is 19.2. The van der Waals surface area contributed by atoms with Gasteiger partial charge in [-0.05, 0) is 22.9 Å². The summed E-state index contributed by atoms with van der Waals surface area (Å²) in [5.74, 6) is -2.52. The van der Waals surface area contributed by atoms with Gasteiger partial charge in [-0.15, -0.1) is 0 Å². The Morgan fingerprint density at radius 1 is 0.765 bits per heavy atom. The van der Waals surface area contributed by atoms with E-state index in [0.717, 1.165) is 15.7 Å². The Balaban J connectivity index is 1.98. The molecule has 0 saturated carbocycles. The van der Waals surface area contributed by atoms with Gasteiger partial charge in [0.2, 0.25) is 0 Å². The van der Waals surface area contributed by atoms with Gasteiger partial charge in [-0.1, -0.05) is 42.1 Å². The van der Waals surface area contributed by atoms with Crippen molar-refractivity contribution in [2.24, 2.45) is 0 Å². The number of carbonyl (C=O) groups excluding carboxylic acids is 4. The molecule has 0 aliphatic carbocycles. The molecule has 0 spiro atoms. The Kier molecular flexibility index (Phi) is 8.51. The number of ether oxygens (including phenoxy) is 5. The van der Waals surface area contributed by atoms with E-state index >= 15 is 0 Å². The first kappa shape index (κ1) is 25.5. The van der Waals surface area contributed by atoms with Crippen LogP contribution in [0.1, 0.15) is 27.7 Å². The maximum absolute atomic E-state index is 11.9. The van der Waals surface area contributed by atoms with E-state index in [9.17, 15) is 19.2 Å². The number of esters is 4. The third-order valence-corrected chi connectivity index (χ3v) is 6.06. The second kappa shape index (κ2) is 11.3. The van der Waals surface area contributed by atoms with Crippen LogP contribution in [0.3, 0.4) is 0 Å². The molecule has 9 nitrogen and oxygen atoms in total. The Bertz CT molecular complexity index is 1070. The number of fused-ring (bicyclic) bond motifs is 1. The lowest BCUT2D eigenvalue weighted by Gasteiger charge is -2.44. The van der Waals surface area contributed by atoms with E-state index in [1.807, 2.05) is 42.5 Å². The normalized spacial score (nSPS) is 24.2. The van der Waals surface area contributed by atoms with Crippen LogP contribution < -0.4 is 0 Å². The summed E-state index contributed by atoms with van der Waals surface area (Å²) in [5, 5.41) is 2.05. The first-order chi connectivity index (χ1) is 16.1. The van der Waals surface area contributed by atoms with Crippen LogP contribution in [0, 0.1) is 0 Å². The smallest absolute Gasteiger partial charge is 0.303 e. The first-order valence-electron chi connectivity index (χ1n) is 10.6. The highest BCUT2D eigenvalue weighted by Gasteiger charge is 2.52. The molecule has 0 radical (unpaired) electrons. The zero-order valence-corrected chi connectivity index (χ0v) is 20.0. The fourth-order valence-corrected chi connectivity index (χ4v) is 4.81. The number of thioether (sulfide) groups is 1. The average molecular weight is 491 g/mol. The summed E-state index contributed by atoms with van der Waals surface area (Å²) in [5.41, 5.74) is -0.859. The predicted octanol–water partition coefficient (Wildman–Crippen LogP) is 3.02. The topological polar surface area (TPSA) is 114 Å². The van der Waals surface area contributed by atoms with E-state index in [0.29, 0.717) is 0 Å². The van der Waals surface area contributed by atoms with Crippen molar-refractivity contribution in [3.05, 3.63) is 42.5 Å². The quantitative estimate of drug-likeness (QED) is 0.424. The van der Waals surface area contributed by atoms with Crippen molar-refractivity contribution in [2.75, 3.05) is 6.61 Å². The van der Waals surface area contributed by atoms with Crippen LogP contribution in [0.25, 0.3) is 10.8 Å². The average Bonchev–Trinajstić information content (AvgIpc) is 2.75. The fraction of sp³-hybridized carbons (Fsp3) is 0.417. The van der Waals surface area contributed by atoms with Gasteiger partial charge in [0.15, 0.2) is 18.3 Å². The van der Waals surface area contributed by atoms with E-state index in [4.69, 9.17) is 23.7 Å². The molecule has 10 heteroatoms. The van der Waals surface area contributed by atoms with E-state index in [-0.39, 0.29) is 6.61 Å². The maximum atomic E-state index is 11.9. The van der Waals surface area contributed by atoms with Crippen LogP contribution in [0.5, 0.6) is 0 Å². The summed E-state index contributed by atoms with van der Waals surface area (Å²) in [6, 6.07) is 13.6. The lowest BCUT2D eigenvalue weighted by Crippen LogP contribution is -2.61. The van der Waals surface area contributed by atoms with Crippen molar-refractivity contribution < 1.29 is 42.9 Å². The van der Waals surface area contributed by atoms with Crippen LogP contribution in [0.2, 0.25) is 0 Å². The van der Waals surface area contributed by atoms with Gasteiger partial charge in [-0.25, -0.2) is 0 Å². The second-order valence-electron chi connectivity index (χ2n) is 7.69. The molecule has 1 aliphatic heterocycles. The molecule has 5 unspecified atom stereocenters. The minimum Gasteiger partial charge on any atom is -0.463 e. The van der Waals surface area contributed by atoms with E-state index in [1.54, 1.807) is 0 Å². The van der Waals surface area contributed by atoms with Gasteiger partial charge in [0.1, 0.15) is 18.1 Å². The third-order valence-electron chi connectivity index (χ3n) is 4.92. The largest absolute Gasteiger partial charge is 0.463 e. The molecule has 1 fully saturated rings. The highest BCUT2D eigenvalue weighted by Crippen LogP contribution is 2.38. The zero-order chi connectivity index (χ0) is 24.8. The van der Waals surface area contributed by atoms with Gasteiger partial charge < -0.3 is 23.7 Å². The van der Waals surface area contributed by atoms with Gasteiger partial charge in [-0.3, -0.25) is 19.2 Å². The molecule has 0 amide bonds. The summed E-state index contributed by atoms with van der Waals surface area (Å²) in [4.78, 5) is 47.9. The Morgan fingerprint density at radius 3 is 1.97 bits per heavy atom. The molecule has 2 aromatic carbocycles. The van der Waals surface area contributed by atoms with Crippen molar-refractivity contribution in [1.29, 1.82) is 0 Å². The molecule has 0 N–H and O–H groups in total. The summed E-state index contributed by atoms with van der Waals surface area (Å²) in [7, 11) is 0. The van der Waals surface area contributed by atoms with Crippen LogP contribution in [0.4, 0.5) is 0 Å². The van der Waals surface area contributed by atoms with Crippen LogP contribution in [0.15, 0.2) is 47.4 Å². The molecule has 1 heterocycles. The van der Waals surface area contributed by atoms with Crippen molar-refractivity contribution in [2.45, 2.75) is 62.4 Å². The Morgan fingerprint density at radius 2 is 1.35 bits per heavy atom. The minimum absolute atomic E-state index is 0.257. The lowest BCUT2D eigenvalue weighted by atomic mass is 9.99.